The van der Waals surface area contributed by atoms with Gasteiger partial charge in [0.05, 0.1) is 6.04 Å². The highest BCUT2D eigenvalue weighted by Crippen LogP contribution is 2.18. The fourth-order valence-corrected chi connectivity index (χ4v) is 3.10. The lowest BCUT2D eigenvalue weighted by molar-refractivity contribution is -0.132. The highest BCUT2D eigenvalue weighted by atomic mass is 16.2. The van der Waals surface area contributed by atoms with Gasteiger partial charge in [-0.25, -0.2) is 0 Å². The van der Waals surface area contributed by atoms with Gasteiger partial charge in [-0.3, -0.25) is 9.69 Å². The van der Waals surface area contributed by atoms with E-state index in [1.54, 1.807) is 0 Å². The number of carbonyl (C=O) groups excluding carboxylic acids is 1. The van der Waals surface area contributed by atoms with Crippen LogP contribution in [-0.4, -0.2) is 60.5 Å². The van der Waals surface area contributed by atoms with Gasteiger partial charge in [0.15, 0.2) is 0 Å². The average molecular weight is 239 g/mol. The molecule has 0 bridgehead atoms. The summed E-state index contributed by atoms with van der Waals surface area (Å²) in [5.41, 5.74) is 0. The first kappa shape index (κ1) is 12.8. The third kappa shape index (κ3) is 2.80. The summed E-state index contributed by atoms with van der Waals surface area (Å²) in [6, 6.07) is 0.681. The molecule has 2 fully saturated rings. The second-order valence-corrected chi connectivity index (χ2v) is 5.10. The molecule has 0 spiro atoms. The smallest absolute Gasteiger partial charge is 0.239 e. The molecule has 17 heavy (non-hydrogen) atoms. The number of hydrogen-bond donors (Lipinski definition) is 1. The monoisotopic (exact) mass is 239 g/mol. The van der Waals surface area contributed by atoms with E-state index in [4.69, 9.17) is 0 Å². The molecule has 98 valence electrons. The minimum atomic E-state index is 0.102. The number of nitrogens with one attached hydrogen (secondary N) is 1. The standard InChI is InChI=1S/C13H25N3O/c1-3-15(4-2)11-7-9-16(10-11)13(17)12-6-5-8-14-12/h11-12,14H,3-10H2,1-2H3/t11?,12-/m1/s1. The molecule has 2 rings (SSSR count). The van der Waals surface area contributed by atoms with E-state index < -0.39 is 0 Å². The maximum atomic E-state index is 12.2. The summed E-state index contributed by atoms with van der Waals surface area (Å²) in [5, 5.41) is 3.30. The van der Waals surface area contributed by atoms with Crippen LogP contribution in [0.5, 0.6) is 0 Å². The van der Waals surface area contributed by atoms with Crippen LogP contribution >= 0.6 is 0 Å². The number of amides is 1. The Bertz CT molecular complexity index is 259. The van der Waals surface area contributed by atoms with Gasteiger partial charge in [0.2, 0.25) is 5.91 Å². The Kier molecular flexibility index (Phi) is 4.40. The maximum absolute atomic E-state index is 12.2. The zero-order chi connectivity index (χ0) is 12.3. The summed E-state index contributed by atoms with van der Waals surface area (Å²) in [5.74, 6) is 0.331. The minimum Gasteiger partial charge on any atom is -0.340 e. The van der Waals surface area contributed by atoms with Crippen LogP contribution < -0.4 is 5.32 Å². The summed E-state index contributed by atoms with van der Waals surface area (Å²) in [6.07, 6.45) is 3.30. The molecule has 1 amide bonds. The number of nitrogens with zero attached hydrogens (tertiary/aromatic N) is 2. The number of carbonyl (C=O) groups is 1. The van der Waals surface area contributed by atoms with Gasteiger partial charge in [-0.2, -0.15) is 0 Å². The molecule has 0 aromatic rings. The predicted molar refractivity (Wildman–Crippen MR) is 68.9 cm³/mol. The lowest BCUT2D eigenvalue weighted by Crippen LogP contribution is -2.44. The van der Waals surface area contributed by atoms with Crippen molar-refractivity contribution in [1.29, 1.82) is 0 Å². The fraction of sp³-hybridized carbons (Fsp3) is 0.923. The number of rotatable bonds is 4. The fourth-order valence-electron chi connectivity index (χ4n) is 3.10. The van der Waals surface area contributed by atoms with Gasteiger partial charge in [-0.05, 0) is 38.9 Å². The Morgan fingerprint density at radius 2 is 2.12 bits per heavy atom. The van der Waals surface area contributed by atoms with E-state index in [-0.39, 0.29) is 6.04 Å². The maximum Gasteiger partial charge on any atom is 0.239 e. The molecule has 2 aliphatic heterocycles. The molecule has 0 aliphatic carbocycles. The summed E-state index contributed by atoms with van der Waals surface area (Å²) in [6.45, 7) is 9.45. The van der Waals surface area contributed by atoms with E-state index in [1.165, 1.54) is 0 Å². The predicted octanol–water partition coefficient (Wildman–Crippen LogP) is 0.681. The molecule has 1 N–H and O–H groups in total. The SMILES string of the molecule is CCN(CC)C1CCN(C(=O)[C@H]2CCCN2)C1. The van der Waals surface area contributed by atoms with Crippen LogP contribution in [0.2, 0.25) is 0 Å². The summed E-state index contributed by atoms with van der Waals surface area (Å²) >= 11 is 0. The largest absolute Gasteiger partial charge is 0.340 e. The quantitative estimate of drug-likeness (QED) is 0.784. The molecule has 2 atom stereocenters. The summed E-state index contributed by atoms with van der Waals surface area (Å²) < 4.78 is 0. The molecule has 4 heteroatoms. The Labute approximate surface area is 104 Å². The van der Waals surface area contributed by atoms with Gasteiger partial charge in [0.25, 0.3) is 0 Å². The molecule has 4 nitrogen and oxygen atoms in total. The topological polar surface area (TPSA) is 35.6 Å². The van der Waals surface area contributed by atoms with E-state index in [0.29, 0.717) is 11.9 Å². The van der Waals surface area contributed by atoms with Gasteiger partial charge in [0.1, 0.15) is 0 Å². The van der Waals surface area contributed by atoms with Crippen LogP contribution in [0.3, 0.4) is 0 Å². The second kappa shape index (κ2) is 5.83. The molecule has 0 saturated carbocycles. The van der Waals surface area contributed by atoms with Crippen molar-refractivity contribution in [1.82, 2.24) is 15.1 Å². The number of likely N-dealkylation sites (tertiary alicyclic amines) is 1. The van der Waals surface area contributed by atoms with Crippen LogP contribution in [0.4, 0.5) is 0 Å². The third-order valence-corrected chi connectivity index (χ3v) is 4.16. The Hall–Kier alpha value is -0.610. The molecule has 1 unspecified atom stereocenters. The van der Waals surface area contributed by atoms with Crippen molar-refractivity contribution in [3.8, 4) is 0 Å². The molecular weight excluding hydrogens is 214 g/mol. The molecule has 0 aromatic heterocycles. The van der Waals surface area contributed by atoms with Gasteiger partial charge < -0.3 is 10.2 Å². The van der Waals surface area contributed by atoms with Gasteiger partial charge in [-0.15, -0.1) is 0 Å². The number of hydrogen-bond acceptors (Lipinski definition) is 3. The lowest BCUT2D eigenvalue weighted by Gasteiger charge is -2.26. The molecule has 2 heterocycles. The van der Waals surface area contributed by atoms with Crippen molar-refractivity contribution in [2.24, 2.45) is 0 Å². The average Bonchev–Trinajstić information content (AvgIpc) is 3.01. The number of likely N-dealkylation sites (N-methyl/N-ethyl adjacent to an activating group) is 1. The Balaban J connectivity index is 1.86. The van der Waals surface area contributed by atoms with E-state index >= 15 is 0 Å². The zero-order valence-electron chi connectivity index (χ0n) is 11.1. The summed E-state index contributed by atoms with van der Waals surface area (Å²) in [4.78, 5) is 16.8. The highest BCUT2D eigenvalue weighted by molar-refractivity contribution is 5.82. The lowest BCUT2D eigenvalue weighted by atomic mass is 10.2. The van der Waals surface area contributed by atoms with Crippen molar-refractivity contribution in [2.45, 2.75) is 45.2 Å². The Morgan fingerprint density at radius 3 is 2.71 bits per heavy atom. The van der Waals surface area contributed by atoms with Crippen molar-refractivity contribution in [3.63, 3.8) is 0 Å². The summed E-state index contributed by atoms with van der Waals surface area (Å²) in [7, 11) is 0. The second-order valence-electron chi connectivity index (χ2n) is 5.10. The van der Waals surface area contributed by atoms with E-state index in [9.17, 15) is 4.79 Å². The first-order valence-electron chi connectivity index (χ1n) is 7.02. The molecule has 0 aromatic carbocycles. The molecular formula is C13H25N3O. The van der Waals surface area contributed by atoms with Gasteiger partial charge in [-0.1, -0.05) is 13.8 Å². The minimum absolute atomic E-state index is 0.102. The van der Waals surface area contributed by atoms with Crippen LogP contribution in [0.15, 0.2) is 0 Å². The van der Waals surface area contributed by atoms with E-state index in [1.807, 2.05) is 0 Å². The first-order valence-corrected chi connectivity index (χ1v) is 7.02. The zero-order valence-corrected chi connectivity index (χ0v) is 11.1. The third-order valence-electron chi connectivity index (χ3n) is 4.16. The highest BCUT2D eigenvalue weighted by Gasteiger charge is 2.33. The van der Waals surface area contributed by atoms with Crippen LogP contribution in [0, 0.1) is 0 Å². The van der Waals surface area contributed by atoms with Crippen molar-refractivity contribution in [3.05, 3.63) is 0 Å². The van der Waals surface area contributed by atoms with E-state index in [2.05, 4.69) is 29.0 Å². The molecule has 2 saturated heterocycles. The molecule has 0 radical (unpaired) electrons. The Morgan fingerprint density at radius 1 is 1.35 bits per heavy atom. The normalized spacial score (nSPS) is 29.2. The van der Waals surface area contributed by atoms with Crippen molar-refractivity contribution >= 4 is 5.91 Å². The van der Waals surface area contributed by atoms with Crippen molar-refractivity contribution in [2.75, 3.05) is 32.7 Å². The van der Waals surface area contributed by atoms with Gasteiger partial charge >= 0.3 is 0 Å². The van der Waals surface area contributed by atoms with Crippen LogP contribution in [-0.2, 0) is 4.79 Å². The molecule has 2 aliphatic rings. The first-order chi connectivity index (χ1) is 8.26. The van der Waals surface area contributed by atoms with Crippen molar-refractivity contribution < 1.29 is 4.79 Å². The van der Waals surface area contributed by atoms with E-state index in [0.717, 1.165) is 52.0 Å². The van der Waals surface area contributed by atoms with Crippen LogP contribution in [0.25, 0.3) is 0 Å². The van der Waals surface area contributed by atoms with Gasteiger partial charge in [0, 0.05) is 19.1 Å². The van der Waals surface area contributed by atoms with Crippen LogP contribution in [0.1, 0.15) is 33.1 Å².